The second kappa shape index (κ2) is 15.3. The standard InChI is InChI=1S/C28H33FN4O3S/c1-7-10-12-13-21(19(4)9-3)18-36-28-33-32-27(37-28)31-26(34)24-17-30-20(5)15-22(24)23(16-29)25(35-6)14-11-8-2/h7-8,10-17H,9,18H2,1-6H3,(H,31,32,34)/b10-7?,11-8-,13-12-,21-19?,23-16?,25-14+. The SMILES string of the molecule is CC=C/C=C\C(COc1nnc(NC(=O)c2cnc(C)cc2C(=CF)/C(=C\C=C/C)OC)s1)=C(C)CC. The van der Waals surface area contributed by atoms with E-state index in [1.807, 2.05) is 38.2 Å². The fraction of sp³-hybridized carbons (Fsp3) is 0.286. The summed E-state index contributed by atoms with van der Waals surface area (Å²) in [6.45, 7) is 10.0. The molecule has 0 saturated carbocycles. The highest BCUT2D eigenvalue weighted by atomic mass is 32.1. The number of aromatic nitrogens is 3. The first-order valence-electron chi connectivity index (χ1n) is 11.8. The maximum Gasteiger partial charge on any atom is 0.296 e. The van der Waals surface area contributed by atoms with Gasteiger partial charge in [-0.05, 0) is 63.2 Å². The quantitative estimate of drug-likeness (QED) is 0.234. The van der Waals surface area contributed by atoms with E-state index < -0.39 is 5.91 Å². The van der Waals surface area contributed by atoms with Gasteiger partial charge in [0.15, 0.2) is 0 Å². The van der Waals surface area contributed by atoms with Gasteiger partial charge in [0.2, 0.25) is 5.13 Å². The second-order valence-electron chi connectivity index (χ2n) is 7.81. The van der Waals surface area contributed by atoms with E-state index in [4.69, 9.17) is 9.47 Å². The number of nitrogens with zero attached hydrogens (tertiary/aromatic N) is 3. The minimum absolute atomic E-state index is 0.120. The molecule has 0 aliphatic carbocycles. The fourth-order valence-electron chi connectivity index (χ4n) is 3.11. The van der Waals surface area contributed by atoms with Crippen LogP contribution in [0.5, 0.6) is 5.19 Å². The number of aryl methyl sites for hydroxylation is 1. The predicted molar refractivity (Wildman–Crippen MR) is 148 cm³/mol. The number of allylic oxidation sites excluding steroid dienone is 8. The molecule has 0 bridgehead atoms. The van der Waals surface area contributed by atoms with Crippen molar-refractivity contribution in [1.82, 2.24) is 15.2 Å². The molecular weight excluding hydrogens is 491 g/mol. The minimum atomic E-state index is -0.511. The molecule has 2 aromatic heterocycles. The Balaban J connectivity index is 2.25. The molecule has 0 aromatic carbocycles. The Morgan fingerprint density at radius 3 is 2.57 bits per heavy atom. The van der Waals surface area contributed by atoms with E-state index in [0.29, 0.717) is 29.4 Å². The lowest BCUT2D eigenvalue weighted by Crippen LogP contribution is -2.15. The van der Waals surface area contributed by atoms with Crippen molar-refractivity contribution in [3.63, 3.8) is 0 Å². The Morgan fingerprint density at radius 2 is 1.92 bits per heavy atom. The summed E-state index contributed by atoms with van der Waals surface area (Å²) in [5, 5.41) is 11.3. The van der Waals surface area contributed by atoms with Gasteiger partial charge in [0.25, 0.3) is 11.1 Å². The van der Waals surface area contributed by atoms with Crippen LogP contribution in [0.2, 0.25) is 0 Å². The molecule has 2 heterocycles. The van der Waals surface area contributed by atoms with Crippen LogP contribution in [0, 0.1) is 6.92 Å². The number of carbonyl (C=O) groups is 1. The highest BCUT2D eigenvalue weighted by Gasteiger charge is 2.20. The van der Waals surface area contributed by atoms with Crippen LogP contribution in [0.4, 0.5) is 9.52 Å². The average molecular weight is 525 g/mol. The normalized spacial score (nSPS) is 13.5. The molecule has 2 aromatic rings. The molecule has 1 N–H and O–H groups in total. The Kier molecular flexibility index (Phi) is 12.2. The fourth-order valence-corrected chi connectivity index (χ4v) is 3.70. The molecule has 1 amide bonds. The number of halogens is 1. The van der Waals surface area contributed by atoms with Crippen LogP contribution in [0.25, 0.3) is 5.57 Å². The Hall–Kier alpha value is -3.85. The number of nitrogens with one attached hydrogen (secondary N) is 1. The van der Waals surface area contributed by atoms with E-state index in [9.17, 15) is 9.18 Å². The van der Waals surface area contributed by atoms with Gasteiger partial charge in [0, 0.05) is 17.5 Å². The monoisotopic (exact) mass is 524 g/mol. The summed E-state index contributed by atoms with van der Waals surface area (Å²) in [5.74, 6) is -0.246. The molecule has 0 aliphatic heterocycles. The molecule has 0 atom stereocenters. The smallest absolute Gasteiger partial charge is 0.296 e. The average Bonchev–Trinajstić information content (AvgIpc) is 3.34. The number of ether oxygens (including phenoxy) is 2. The second-order valence-corrected chi connectivity index (χ2v) is 8.75. The number of pyridine rings is 1. The third-order valence-electron chi connectivity index (χ3n) is 5.27. The van der Waals surface area contributed by atoms with Crippen molar-refractivity contribution in [1.29, 1.82) is 0 Å². The summed E-state index contributed by atoms with van der Waals surface area (Å²) in [6, 6.07) is 1.63. The highest BCUT2D eigenvalue weighted by Crippen LogP contribution is 2.29. The molecule has 0 saturated heterocycles. The van der Waals surface area contributed by atoms with E-state index in [1.165, 1.54) is 18.9 Å². The largest absolute Gasteiger partial charge is 0.496 e. The van der Waals surface area contributed by atoms with E-state index in [1.54, 1.807) is 31.2 Å². The van der Waals surface area contributed by atoms with Crippen molar-refractivity contribution in [3.8, 4) is 5.19 Å². The zero-order valence-electron chi connectivity index (χ0n) is 22.0. The van der Waals surface area contributed by atoms with Crippen molar-refractivity contribution in [2.45, 2.75) is 41.0 Å². The van der Waals surface area contributed by atoms with Crippen LogP contribution in [0.1, 0.15) is 55.7 Å². The number of carbonyl (C=O) groups excluding carboxylic acids is 1. The molecular formula is C28H33FN4O3S. The predicted octanol–water partition coefficient (Wildman–Crippen LogP) is 7.15. The topological polar surface area (TPSA) is 86.2 Å². The van der Waals surface area contributed by atoms with Crippen molar-refractivity contribution < 1.29 is 18.7 Å². The summed E-state index contributed by atoms with van der Waals surface area (Å²) in [4.78, 5) is 17.4. The van der Waals surface area contributed by atoms with Gasteiger partial charge in [-0.2, -0.15) is 0 Å². The Morgan fingerprint density at radius 1 is 1.16 bits per heavy atom. The summed E-state index contributed by atoms with van der Waals surface area (Å²) >= 11 is 1.10. The molecule has 2 rings (SSSR count). The first kappa shape index (κ1) is 29.4. The van der Waals surface area contributed by atoms with E-state index in [0.717, 1.165) is 23.3 Å². The van der Waals surface area contributed by atoms with Crippen LogP contribution in [-0.4, -0.2) is 34.8 Å². The molecule has 0 aliphatic rings. The number of hydrogen-bond acceptors (Lipinski definition) is 7. The molecule has 0 unspecified atom stereocenters. The van der Waals surface area contributed by atoms with Gasteiger partial charge in [-0.25, -0.2) is 4.39 Å². The maximum absolute atomic E-state index is 14.0. The lowest BCUT2D eigenvalue weighted by molar-refractivity contribution is 0.102. The van der Waals surface area contributed by atoms with Crippen molar-refractivity contribution >= 4 is 27.9 Å². The van der Waals surface area contributed by atoms with Crippen molar-refractivity contribution in [2.75, 3.05) is 19.0 Å². The van der Waals surface area contributed by atoms with Gasteiger partial charge in [0.1, 0.15) is 12.4 Å². The molecule has 196 valence electrons. The summed E-state index contributed by atoms with van der Waals surface area (Å²) in [5.41, 5.74) is 3.48. The highest BCUT2D eigenvalue weighted by molar-refractivity contribution is 7.17. The van der Waals surface area contributed by atoms with Gasteiger partial charge in [0.05, 0.1) is 24.6 Å². The molecule has 0 fully saturated rings. The lowest BCUT2D eigenvalue weighted by Gasteiger charge is -2.14. The zero-order chi connectivity index (χ0) is 27.2. The third-order valence-corrected chi connectivity index (χ3v) is 6.02. The molecule has 37 heavy (non-hydrogen) atoms. The van der Waals surface area contributed by atoms with Crippen molar-refractivity contribution in [3.05, 3.63) is 94.9 Å². The number of methoxy groups -OCH3 is 1. The Bertz CT molecular complexity index is 1260. The molecule has 7 nitrogen and oxygen atoms in total. The van der Waals surface area contributed by atoms with Crippen LogP contribution in [0.3, 0.4) is 0 Å². The van der Waals surface area contributed by atoms with Gasteiger partial charge in [-0.3, -0.25) is 15.1 Å². The Labute approximate surface area is 221 Å². The van der Waals surface area contributed by atoms with E-state index in [2.05, 4.69) is 34.3 Å². The summed E-state index contributed by atoms with van der Waals surface area (Å²) < 4.78 is 25.2. The molecule has 9 heteroatoms. The van der Waals surface area contributed by atoms with Crippen LogP contribution < -0.4 is 10.1 Å². The van der Waals surface area contributed by atoms with E-state index in [-0.39, 0.29) is 22.0 Å². The third kappa shape index (κ3) is 8.64. The molecule has 0 spiro atoms. The van der Waals surface area contributed by atoms with Gasteiger partial charge < -0.3 is 9.47 Å². The first-order chi connectivity index (χ1) is 17.9. The number of hydrogen-bond donors (Lipinski definition) is 1. The summed E-state index contributed by atoms with van der Waals surface area (Å²) in [7, 11) is 1.44. The maximum atomic E-state index is 14.0. The number of anilines is 1. The molecule has 0 radical (unpaired) electrons. The number of amides is 1. The minimum Gasteiger partial charge on any atom is -0.496 e. The number of rotatable bonds is 12. The van der Waals surface area contributed by atoms with Crippen LogP contribution in [0.15, 0.2) is 78.0 Å². The van der Waals surface area contributed by atoms with Gasteiger partial charge >= 0.3 is 0 Å². The van der Waals surface area contributed by atoms with Crippen LogP contribution >= 0.6 is 11.3 Å². The summed E-state index contributed by atoms with van der Waals surface area (Å²) in [6.07, 6.45) is 15.7. The zero-order valence-corrected chi connectivity index (χ0v) is 22.9. The first-order valence-corrected chi connectivity index (χ1v) is 12.6. The van der Waals surface area contributed by atoms with Gasteiger partial charge in [-0.1, -0.05) is 54.1 Å². The van der Waals surface area contributed by atoms with Gasteiger partial charge in [-0.15, -0.1) is 5.10 Å². The van der Waals surface area contributed by atoms with Crippen LogP contribution in [-0.2, 0) is 4.74 Å². The van der Waals surface area contributed by atoms with Crippen molar-refractivity contribution in [2.24, 2.45) is 0 Å². The lowest BCUT2D eigenvalue weighted by atomic mass is 9.99. The van der Waals surface area contributed by atoms with E-state index >= 15 is 0 Å².